The van der Waals surface area contributed by atoms with Crippen molar-refractivity contribution in [1.29, 1.82) is 0 Å². The Balaban J connectivity index is 1.70. The number of alkyl halides is 3. The number of carbonyl (C=O) groups excluding carboxylic acids is 1. The molecule has 2 heterocycles. The van der Waals surface area contributed by atoms with Gasteiger partial charge in [-0.2, -0.15) is 13.2 Å². The summed E-state index contributed by atoms with van der Waals surface area (Å²) in [7, 11) is 0. The van der Waals surface area contributed by atoms with Gasteiger partial charge in [0, 0.05) is 12.1 Å². The summed E-state index contributed by atoms with van der Waals surface area (Å²) in [5.41, 5.74) is 5.00. The van der Waals surface area contributed by atoms with Crippen molar-refractivity contribution in [2.45, 2.75) is 38.0 Å². The molecule has 3 rings (SSSR count). The normalized spacial score (nSPS) is 15.2. The van der Waals surface area contributed by atoms with Gasteiger partial charge in [-0.1, -0.05) is 0 Å². The number of aryl methyl sites for hydroxylation is 1. The fraction of sp³-hybridized carbons (Fsp3) is 0.389. The Kier molecular flexibility index (Phi) is 5.69. The molecular weight excluding hydrogens is 399 g/mol. The smallest absolute Gasteiger partial charge is 0.335 e. The van der Waals surface area contributed by atoms with E-state index in [0.717, 1.165) is 18.2 Å². The Morgan fingerprint density at radius 2 is 2.03 bits per heavy atom. The van der Waals surface area contributed by atoms with E-state index in [4.69, 9.17) is 5.73 Å². The van der Waals surface area contributed by atoms with Crippen LogP contribution in [0.4, 0.5) is 22.0 Å². The van der Waals surface area contributed by atoms with E-state index in [-0.39, 0.29) is 49.2 Å². The zero-order chi connectivity index (χ0) is 21.3. The number of carbonyl (C=O) groups is 1. The van der Waals surface area contributed by atoms with Crippen molar-refractivity contribution >= 4 is 5.91 Å². The second kappa shape index (κ2) is 7.90. The molecule has 0 aliphatic carbocycles. The molecule has 156 valence electrons. The molecule has 0 unspecified atom stereocenters. The number of nitrogens with two attached hydrogens (primary N) is 1. The minimum absolute atomic E-state index is 0.0110. The summed E-state index contributed by atoms with van der Waals surface area (Å²) in [4.78, 5) is 30.8. The third-order valence-corrected chi connectivity index (χ3v) is 4.70. The molecule has 1 aliphatic heterocycles. The molecule has 6 nitrogen and oxygen atoms in total. The number of rotatable bonds is 4. The number of aromatic amines is 1. The van der Waals surface area contributed by atoms with Crippen LogP contribution in [0.5, 0.6) is 0 Å². The van der Waals surface area contributed by atoms with Crippen molar-refractivity contribution in [2.24, 2.45) is 5.73 Å². The van der Waals surface area contributed by atoms with Crippen LogP contribution in [0.1, 0.15) is 29.1 Å². The Morgan fingerprint density at radius 3 is 2.72 bits per heavy atom. The summed E-state index contributed by atoms with van der Waals surface area (Å²) in [5, 5.41) is 0. The number of nitrogens with one attached hydrogen (secondary N) is 1. The molecule has 1 aromatic carbocycles. The predicted octanol–water partition coefficient (Wildman–Crippen LogP) is 1.91. The first-order chi connectivity index (χ1) is 13.6. The number of halogens is 5. The van der Waals surface area contributed by atoms with E-state index in [9.17, 15) is 31.5 Å². The molecule has 0 saturated carbocycles. The first-order valence-corrected chi connectivity index (χ1v) is 8.74. The van der Waals surface area contributed by atoms with E-state index in [1.54, 1.807) is 4.98 Å². The molecule has 0 fully saturated rings. The molecule has 0 radical (unpaired) electrons. The van der Waals surface area contributed by atoms with Crippen molar-refractivity contribution in [3.8, 4) is 0 Å². The topological polar surface area (TPSA) is 92.1 Å². The summed E-state index contributed by atoms with van der Waals surface area (Å²) in [6.45, 7) is -0.201. The number of amides is 1. The Morgan fingerprint density at radius 1 is 1.31 bits per heavy atom. The molecule has 11 heteroatoms. The largest absolute Gasteiger partial charge is 0.449 e. The van der Waals surface area contributed by atoms with Crippen LogP contribution >= 0.6 is 0 Å². The quantitative estimate of drug-likeness (QED) is 0.745. The molecule has 0 spiro atoms. The predicted molar refractivity (Wildman–Crippen MR) is 91.6 cm³/mol. The lowest BCUT2D eigenvalue weighted by Gasteiger charge is -2.30. The number of H-pyrrole nitrogens is 1. The first kappa shape index (κ1) is 20.9. The summed E-state index contributed by atoms with van der Waals surface area (Å²) >= 11 is 0. The van der Waals surface area contributed by atoms with Crippen molar-refractivity contribution in [3.63, 3.8) is 0 Å². The van der Waals surface area contributed by atoms with E-state index in [0.29, 0.717) is 0 Å². The molecule has 1 atom stereocenters. The average molecular weight is 416 g/mol. The summed E-state index contributed by atoms with van der Waals surface area (Å²) < 4.78 is 65.5. The Hall–Kier alpha value is -2.82. The van der Waals surface area contributed by atoms with Crippen molar-refractivity contribution < 1.29 is 26.7 Å². The van der Waals surface area contributed by atoms with Crippen LogP contribution in [-0.4, -0.2) is 33.4 Å². The van der Waals surface area contributed by atoms with Gasteiger partial charge in [-0.3, -0.25) is 9.59 Å². The van der Waals surface area contributed by atoms with Gasteiger partial charge in [0.25, 0.3) is 5.56 Å². The van der Waals surface area contributed by atoms with Gasteiger partial charge in [-0.05, 0) is 43.0 Å². The molecule has 1 amide bonds. The van der Waals surface area contributed by atoms with Crippen LogP contribution in [0.2, 0.25) is 0 Å². The van der Waals surface area contributed by atoms with E-state index in [1.165, 1.54) is 4.90 Å². The van der Waals surface area contributed by atoms with Gasteiger partial charge in [-0.15, -0.1) is 0 Å². The lowest BCUT2D eigenvalue weighted by Crippen LogP contribution is -2.47. The minimum Gasteiger partial charge on any atom is -0.335 e. The summed E-state index contributed by atoms with van der Waals surface area (Å²) in [6.07, 6.45) is -4.77. The average Bonchev–Trinajstić information content (AvgIpc) is 2.66. The third kappa shape index (κ3) is 4.61. The molecule has 1 aromatic heterocycles. The number of fused-ring (bicyclic) bond motifs is 1. The molecule has 3 N–H and O–H groups in total. The van der Waals surface area contributed by atoms with Crippen molar-refractivity contribution in [1.82, 2.24) is 14.9 Å². The van der Waals surface area contributed by atoms with Gasteiger partial charge >= 0.3 is 6.18 Å². The lowest BCUT2D eigenvalue weighted by atomic mass is 10.0. The van der Waals surface area contributed by atoms with Crippen LogP contribution in [-0.2, 0) is 30.4 Å². The highest BCUT2D eigenvalue weighted by Gasteiger charge is 2.36. The van der Waals surface area contributed by atoms with E-state index in [2.05, 4.69) is 4.98 Å². The van der Waals surface area contributed by atoms with Gasteiger partial charge in [-0.25, -0.2) is 13.8 Å². The van der Waals surface area contributed by atoms with Gasteiger partial charge in [0.15, 0.2) is 0 Å². The van der Waals surface area contributed by atoms with Crippen LogP contribution in [0.25, 0.3) is 0 Å². The van der Waals surface area contributed by atoms with Gasteiger partial charge in [0.2, 0.25) is 11.7 Å². The zero-order valence-electron chi connectivity index (χ0n) is 15.0. The fourth-order valence-corrected chi connectivity index (χ4v) is 3.17. The van der Waals surface area contributed by atoms with Gasteiger partial charge in [0.05, 0.1) is 18.3 Å². The van der Waals surface area contributed by atoms with Crippen molar-refractivity contribution in [2.75, 3.05) is 6.54 Å². The Labute approximate surface area is 161 Å². The molecule has 0 bridgehead atoms. The number of aromatic nitrogens is 2. The maximum atomic E-state index is 13.7. The van der Waals surface area contributed by atoms with E-state index < -0.39 is 41.1 Å². The highest BCUT2D eigenvalue weighted by Crippen LogP contribution is 2.26. The van der Waals surface area contributed by atoms with Gasteiger partial charge in [0.1, 0.15) is 11.6 Å². The second-order valence-corrected chi connectivity index (χ2v) is 6.73. The molecule has 2 aromatic rings. The maximum absolute atomic E-state index is 13.7. The standard InChI is InChI=1S/C18H17F5N4O2/c19-10-2-3-12(20)9(7-10)1-4-13(24)16(29)27-6-5-11-14(8-27)25-17(18(21,22)23)26-15(11)28/h2-3,7,13H,1,4-6,8,24H2,(H,25,26,28)/t13-/m1/s1. The van der Waals surface area contributed by atoms with Crippen LogP contribution in [0.3, 0.4) is 0 Å². The summed E-state index contributed by atoms with van der Waals surface area (Å²) in [5.74, 6) is -3.24. The fourth-order valence-electron chi connectivity index (χ4n) is 3.17. The van der Waals surface area contributed by atoms with E-state index in [1.807, 2.05) is 0 Å². The summed E-state index contributed by atoms with van der Waals surface area (Å²) in [6, 6.07) is 1.89. The first-order valence-electron chi connectivity index (χ1n) is 8.74. The van der Waals surface area contributed by atoms with Crippen molar-refractivity contribution in [3.05, 3.63) is 62.8 Å². The second-order valence-electron chi connectivity index (χ2n) is 6.73. The zero-order valence-corrected chi connectivity index (χ0v) is 15.0. The third-order valence-electron chi connectivity index (χ3n) is 4.70. The number of benzene rings is 1. The number of hydrogen-bond donors (Lipinski definition) is 2. The monoisotopic (exact) mass is 416 g/mol. The van der Waals surface area contributed by atoms with Crippen LogP contribution in [0.15, 0.2) is 23.0 Å². The van der Waals surface area contributed by atoms with Gasteiger partial charge < -0.3 is 15.6 Å². The number of hydrogen-bond acceptors (Lipinski definition) is 4. The van der Waals surface area contributed by atoms with Crippen LogP contribution < -0.4 is 11.3 Å². The SMILES string of the molecule is N[C@H](CCc1cc(F)ccc1F)C(=O)N1CCc2c(nc(C(F)(F)F)[nH]c2=O)C1. The lowest BCUT2D eigenvalue weighted by molar-refractivity contribution is -0.145. The highest BCUT2D eigenvalue weighted by molar-refractivity contribution is 5.81. The molecular formula is C18H17F5N4O2. The van der Waals surface area contributed by atoms with E-state index >= 15 is 0 Å². The highest BCUT2D eigenvalue weighted by atomic mass is 19.4. The molecule has 0 saturated heterocycles. The van der Waals surface area contributed by atoms with Crippen LogP contribution in [0, 0.1) is 11.6 Å². The maximum Gasteiger partial charge on any atom is 0.449 e. The molecule has 1 aliphatic rings. The minimum atomic E-state index is -4.83. The Bertz CT molecular complexity index is 989. The molecule has 29 heavy (non-hydrogen) atoms. The number of nitrogens with zero attached hydrogens (tertiary/aromatic N) is 2.